The summed E-state index contributed by atoms with van der Waals surface area (Å²) in [6, 6.07) is 16.3. The molecule has 1 heterocycles. The molecule has 1 aromatic heterocycles. The van der Waals surface area contributed by atoms with Crippen molar-refractivity contribution >= 4 is 27.7 Å². The molecule has 0 atom stereocenters. The first-order chi connectivity index (χ1) is 15.3. The Labute approximate surface area is 192 Å². The van der Waals surface area contributed by atoms with Crippen molar-refractivity contribution in [2.45, 2.75) is 23.1 Å². The van der Waals surface area contributed by atoms with Crippen LogP contribution in [0.25, 0.3) is 11.4 Å². The Balaban J connectivity index is 1.67. The number of hydrogen-bond donors (Lipinski definition) is 1. The lowest BCUT2D eigenvalue weighted by Gasteiger charge is -2.15. The van der Waals surface area contributed by atoms with Crippen LogP contribution in [0.3, 0.4) is 0 Å². The van der Waals surface area contributed by atoms with Gasteiger partial charge in [0.2, 0.25) is 15.9 Å². The number of sulfonamides is 1. The Kier molecular flexibility index (Phi) is 7.84. The second-order valence-corrected chi connectivity index (χ2v) is 10.1. The molecule has 0 aliphatic heterocycles. The van der Waals surface area contributed by atoms with E-state index in [0.717, 1.165) is 9.87 Å². The number of aromatic nitrogens is 3. The average Bonchev–Trinajstić information content (AvgIpc) is 3.19. The molecule has 0 aliphatic carbocycles. The molecule has 0 unspecified atom stereocenters. The summed E-state index contributed by atoms with van der Waals surface area (Å²) in [4.78, 5) is 12.6. The minimum atomic E-state index is -3.60. The molecule has 0 radical (unpaired) electrons. The summed E-state index contributed by atoms with van der Waals surface area (Å²) in [5.74, 6) is 0.588. The summed E-state index contributed by atoms with van der Waals surface area (Å²) < 4.78 is 28.1. The van der Waals surface area contributed by atoms with Gasteiger partial charge in [0, 0.05) is 32.7 Å². The standard InChI is InChI=1S/C22H25N5O3S2/c1-4-14-27-21(17-10-6-5-7-11-17)24-25-22(27)31-16-20(28)23-15-18-12-8-9-13-19(18)32(29,30)26(2)3/h4-13H,1,14-16H2,2-3H3,(H,23,28). The van der Waals surface area contributed by atoms with Crippen molar-refractivity contribution in [3.8, 4) is 11.4 Å². The number of nitrogens with one attached hydrogen (secondary N) is 1. The van der Waals surface area contributed by atoms with Crippen LogP contribution in [-0.4, -0.2) is 53.2 Å². The van der Waals surface area contributed by atoms with Gasteiger partial charge >= 0.3 is 0 Å². The monoisotopic (exact) mass is 471 g/mol. The highest BCUT2D eigenvalue weighted by atomic mass is 32.2. The van der Waals surface area contributed by atoms with Gasteiger partial charge in [-0.1, -0.05) is 66.4 Å². The van der Waals surface area contributed by atoms with E-state index in [4.69, 9.17) is 0 Å². The molecule has 0 bridgehead atoms. The van der Waals surface area contributed by atoms with Crippen LogP contribution >= 0.6 is 11.8 Å². The second kappa shape index (κ2) is 10.6. The average molecular weight is 472 g/mol. The quantitative estimate of drug-likeness (QED) is 0.361. The number of hydrogen-bond acceptors (Lipinski definition) is 6. The number of carbonyl (C=O) groups excluding carboxylic acids is 1. The van der Waals surface area contributed by atoms with Gasteiger partial charge in [0.15, 0.2) is 11.0 Å². The highest BCUT2D eigenvalue weighted by Crippen LogP contribution is 2.24. The number of benzene rings is 2. The van der Waals surface area contributed by atoms with Gasteiger partial charge in [-0.2, -0.15) is 0 Å². The number of amides is 1. The van der Waals surface area contributed by atoms with Crippen molar-refractivity contribution in [2.24, 2.45) is 0 Å². The Morgan fingerprint density at radius 3 is 2.50 bits per heavy atom. The van der Waals surface area contributed by atoms with Crippen LogP contribution in [0.15, 0.2) is 77.3 Å². The van der Waals surface area contributed by atoms with Crippen molar-refractivity contribution in [3.63, 3.8) is 0 Å². The topological polar surface area (TPSA) is 97.2 Å². The van der Waals surface area contributed by atoms with Gasteiger partial charge in [-0.05, 0) is 11.6 Å². The minimum Gasteiger partial charge on any atom is -0.351 e. The summed E-state index contributed by atoms with van der Waals surface area (Å²) in [6.45, 7) is 4.41. The van der Waals surface area contributed by atoms with Crippen LogP contribution in [-0.2, 0) is 27.9 Å². The van der Waals surface area contributed by atoms with Crippen molar-refractivity contribution < 1.29 is 13.2 Å². The van der Waals surface area contributed by atoms with E-state index >= 15 is 0 Å². The van der Waals surface area contributed by atoms with E-state index in [2.05, 4.69) is 22.1 Å². The summed E-state index contributed by atoms with van der Waals surface area (Å²) in [5.41, 5.74) is 1.46. The van der Waals surface area contributed by atoms with Crippen LogP contribution in [0.1, 0.15) is 5.56 Å². The number of thioether (sulfide) groups is 1. The number of nitrogens with zero attached hydrogens (tertiary/aromatic N) is 4. The molecule has 168 valence electrons. The zero-order valence-corrected chi connectivity index (χ0v) is 19.6. The van der Waals surface area contributed by atoms with Crippen LogP contribution in [0.5, 0.6) is 0 Å². The van der Waals surface area contributed by atoms with E-state index in [1.807, 2.05) is 34.9 Å². The predicted molar refractivity (Wildman–Crippen MR) is 126 cm³/mol. The Morgan fingerprint density at radius 1 is 1.12 bits per heavy atom. The molecule has 2 aromatic carbocycles. The molecular weight excluding hydrogens is 446 g/mol. The first-order valence-corrected chi connectivity index (χ1v) is 12.3. The largest absolute Gasteiger partial charge is 0.351 e. The third-order valence-electron chi connectivity index (χ3n) is 4.60. The lowest BCUT2D eigenvalue weighted by molar-refractivity contribution is -0.118. The normalized spacial score (nSPS) is 11.5. The molecule has 0 saturated carbocycles. The van der Waals surface area contributed by atoms with Gasteiger partial charge in [-0.3, -0.25) is 9.36 Å². The van der Waals surface area contributed by atoms with Crippen molar-refractivity contribution in [3.05, 3.63) is 72.8 Å². The van der Waals surface area contributed by atoms with E-state index in [1.165, 1.54) is 31.9 Å². The van der Waals surface area contributed by atoms with Crippen molar-refractivity contribution in [1.82, 2.24) is 24.4 Å². The number of allylic oxidation sites excluding steroid dienone is 1. The lowest BCUT2D eigenvalue weighted by Crippen LogP contribution is -2.28. The summed E-state index contributed by atoms with van der Waals surface area (Å²) in [5, 5.41) is 11.9. The molecule has 10 heteroatoms. The highest BCUT2D eigenvalue weighted by Gasteiger charge is 2.21. The molecule has 32 heavy (non-hydrogen) atoms. The first kappa shape index (κ1) is 23.7. The van der Waals surface area contributed by atoms with Gasteiger partial charge in [-0.25, -0.2) is 12.7 Å². The Bertz CT molecular complexity index is 1190. The molecule has 3 aromatic rings. The second-order valence-electron chi connectivity index (χ2n) is 7.03. The Hall–Kier alpha value is -2.95. The summed E-state index contributed by atoms with van der Waals surface area (Å²) >= 11 is 1.26. The van der Waals surface area contributed by atoms with Gasteiger partial charge in [-0.15, -0.1) is 16.8 Å². The van der Waals surface area contributed by atoms with Crippen molar-refractivity contribution in [1.29, 1.82) is 0 Å². The van der Waals surface area contributed by atoms with E-state index in [0.29, 0.717) is 23.1 Å². The maximum Gasteiger partial charge on any atom is 0.242 e. The molecule has 0 fully saturated rings. The lowest BCUT2D eigenvalue weighted by atomic mass is 10.2. The van der Waals surface area contributed by atoms with Crippen molar-refractivity contribution in [2.75, 3.05) is 19.8 Å². The first-order valence-electron chi connectivity index (χ1n) is 9.84. The molecule has 0 aliphatic rings. The molecule has 0 spiro atoms. The molecule has 1 N–H and O–H groups in total. The van der Waals surface area contributed by atoms with Crippen LogP contribution in [0.2, 0.25) is 0 Å². The SMILES string of the molecule is C=CCn1c(SCC(=O)NCc2ccccc2S(=O)(=O)N(C)C)nnc1-c1ccccc1. The third-order valence-corrected chi connectivity index (χ3v) is 7.48. The van der Waals surface area contributed by atoms with E-state index in [1.54, 1.807) is 24.3 Å². The summed E-state index contributed by atoms with van der Waals surface area (Å²) in [6.07, 6.45) is 1.75. The fraction of sp³-hybridized carbons (Fsp3) is 0.227. The molecular formula is C22H25N5O3S2. The zero-order valence-electron chi connectivity index (χ0n) is 17.9. The van der Waals surface area contributed by atoms with E-state index in [-0.39, 0.29) is 23.1 Å². The summed E-state index contributed by atoms with van der Waals surface area (Å²) in [7, 11) is -0.647. The maximum atomic E-state index is 12.5. The van der Waals surface area contributed by atoms with Crippen LogP contribution < -0.4 is 5.32 Å². The number of carbonyl (C=O) groups is 1. The molecule has 3 rings (SSSR count). The fourth-order valence-electron chi connectivity index (χ4n) is 2.96. The highest BCUT2D eigenvalue weighted by molar-refractivity contribution is 7.99. The van der Waals surface area contributed by atoms with E-state index in [9.17, 15) is 13.2 Å². The molecule has 8 nitrogen and oxygen atoms in total. The number of rotatable bonds is 10. The predicted octanol–water partition coefficient (Wildman–Crippen LogP) is 2.79. The molecule has 1 amide bonds. The minimum absolute atomic E-state index is 0.108. The van der Waals surface area contributed by atoms with Gasteiger partial charge in [0.1, 0.15) is 0 Å². The van der Waals surface area contributed by atoms with Crippen LogP contribution in [0.4, 0.5) is 0 Å². The van der Waals surface area contributed by atoms with Gasteiger partial charge < -0.3 is 5.32 Å². The Morgan fingerprint density at radius 2 is 1.81 bits per heavy atom. The smallest absolute Gasteiger partial charge is 0.242 e. The van der Waals surface area contributed by atoms with Crippen LogP contribution in [0, 0.1) is 0 Å². The fourth-order valence-corrected chi connectivity index (χ4v) is 4.86. The van der Waals surface area contributed by atoms with Gasteiger partial charge in [0.25, 0.3) is 0 Å². The third kappa shape index (κ3) is 5.45. The molecule has 0 saturated heterocycles. The van der Waals surface area contributed by atoms with E-state index < -0.39 is 10.0 Å². The maximum absolute atomic E-state index is 12.5. The van der Waals surface area contributed by atoms with Gasteiger partial charge in [0.05, 0.1) is 10.6 Å². The zero-order chi connectivity index (χ0) is 23.1.